The molecule has 0 radical (unpaired) electrons. The van der Waals surface area contributed by atoms with E-state index in [-0.39, 0.29) is 24.3 Å². The maximum Gasteiger partial charge on any atom is 0.321 e. The molecule has 160 valence electrons. The van der Waals surface area contributed by atoms with Crippen molar-refractivity contribution in [3.05, 3.63) is 54.1 Å². The summed E-state index contributed by atoms with van der Waals surface area (Å²) in [6, 6.07) is 14.1. The number of anilines is 3. The highest BCUT2D eigenvalue weighted by Crippen LogP contribution is 2.22. The molecule has 2 aromatic carbocycles. The minimum atomic E-state index is -0.507. The lowest BCUT2D eigenvalue weighted by Gasteiger charge is -2.27. The number of nitrogens with zero attached hydrogens (tertiary/aromatic N) is 3. The number of nitrogens with one attached hydrogen (secondary N) is 3. The highest BCUT2D eigenvalue weighted by atomic mass is 16.2. The molecule has 0 aromatic heterocycles. The van der Waals surface area contributed by atoms with E-state index in [0.29, 0.717) is 17.1 Å². The molecule has 2 aliphatic rings. The summed E-state index contributed by atoms with van der Waals surface area (Å²) in [4.78, 5) is 43.4. The Hall–Kier alpha value is -3.88. The smallest absolute Gasteiger partial charge is 0.321 e. The normalized spacial score (nSPS) is 15.9. The van der Waals surface area contributed by atoms with Crippen molar-refractivity contribution < 1.29 is 14.4 Å². The summed E-state index contributed by atoms with van der Waals surface area (Å²) in [7, 11) is 0. The van der Waals surface area contributed by atoms with Gasteiger partial charge in [0, 0.05) is 13.1 Å². The molecular formula is C22H24N6O3. The van der Waals surface area contributed by atoms with Gasteiger partial charge in [-0.1, -0.05) is 29.8 Å². The lowest BCUT2D eigenvalue weighted by atomic mass is 10.2. The molecular weight excluding hydrogens is 396 g/mol. The fourth-order valence-corrected chi connectivity index (χ4v) is 3.44. The van der Waals surface area contributed by atoms with E-state index in [0.717, 1.165) is 31.5 Å². The van der Waals surface area contributed by atoms with Crippen LogP contribution in [0.5, 0.6) is 0 Å². The number of aliphatic imine (C=N–C) groups is 1. The average molecular weight is 420 g/mol. The van der Waals surface area contributed by atoms with Crippen LogP contribution in [0.1, 0.15) is 18.4 Å². The molecule has 4 rings (SSSR count). The van der Waals surface area contributed by atoms with Gasteiger partial charge in [-0.05, 0) is 44.0 Å². The minimum Gasteiger partial charge on any atom is -0.325 e. The Morgan fingerprint density at radius 1 is 0.968 bits per heavy atom. The van der Waals surface area contributed by atoms with Gasteiger partial charge < -0.3 is 15.5 Å². The van der Waals surface area contributed by atoms with E-state index in [9.17, 15) is 14.4 Å². The van der Waals surface area contributed by atoms with Gasteiger partial charge in [0.1, 0.15) is 6.54 Å². The van der Waals surface area contributed by atoms with Gasteiger partial charge in [0.15, 0.2) is 0 Å². The molecule has 0 unspecified atom stereocenters. The molecule has 1 fully saturated rings. The van der Waals surface area contributed by atoms with E-state index < -0.39 is 5.91 Å². The van der Waals surface area contributed by atoms with Crippen LogP contribution in [0.15, 0.2) is 53.5 Å². The highest BCUT2D eigenvalue weighted by Gasteiger charge is 2.26. The summed E-state index contributed by atoms with van der Waals surface area (Å²) in [5.41, 5.74) is 5.42. The lowest BCUT2D eigenvalue weighted by molar-refractivity contribution is -0.118. The third-order valence-electron chi connectivity index (χ3n) is 5.16. The minimum absolute atomic E-state index is 0.0147. The highest BCUT2D eigenvalue weighted by molar-refractivity contribution is 6.43. The van der Waals surface area contributed by atoms with Crippen molar-refractivity contribution in [1.29, 1.82) is 0 Å². The van der Waals surface area contributed by atoms with Crippen LogP contribution in [0.25, 0.3) is 0 Å². The van der Waals surface area contributed by atoms with Crippen LogP contribution < -0.4 is 21.1 Å². The lowest BCUT2D eigenvalue weighted by Crippen LogP contribution is -2.54. The first-order valence-electron chi connectivity index (χ1n) is 10.2. The predicted molar refractivity (Wildman–Crippen MR) is 119 cm³/mol. The number of likely N-dealkylation sites (tertiary alicyclic amines) is 1. The summed E-state index contributed by atoms with van der Waals surface area (Å²) in [5.74, 6) is -0.757. The van der Waals surface area contributed by atoms with Crippen LogP contribution in [0, 0.1) is 6.92 Å². The Balaban J connectivity index is 1.46. The van der Waals surface area contributed by atoms with Crippen LogP contribution in [0.4, 0.5) is 21.9 Å². The molecule has 0 bridgehead atoms. The van der Waals surface area contributed by atoms with E-state index in [2.05, 4.69) is 21.1 Å². The molecule has 9 heteroatoms. The maximum atomic E-state index is 12.8. The number of benzene rings is 2. The molecule has 1 saturated heterocycles. The van der Waals surface area contributed by atoms with Crippen LogP contribution in [-0.4, -0.2) is 48.2 Å². The van der Waals surface area contributed by atoms with Crippen molar-refractivity contribution in [2.75, 3.05) is 35.3 Å². The first-order chi connectivity index (χ1) is 15.0. The number of urea groups is 1. The number of para-hydroxylation sites is 2. The number of amidine groups is 1. The largest absolute Gasteiger partial charge is 0.325 e. The Labute approximate surface area is 180 Å². The molecule has 4 amide bonds. The van der Waals surface area contributed by atoms with Crippen LogP contribution >= 0.6 is 0 Å². The van der Waals surface area contributed by atoms with E-state index in [1.165, 1.54) is 5.01 Å². The van der Waals surface area contributed by atoms with E-state index in [1.807, 2.05) is 19.1 Å². The Morgan fingerprint density at radius 3 is 2.29 bits per heavy atom. The van der Waals surface area contributed by atoms with Gasteiger partial charge in [0.25, 0.3) is 11.8 Å². The number of carbonyl (C=O) groups is 3. The second-order valence-electron chi connectivity index (χ2n) is 7.47. The molecule has 2 heterocycles. The van der Waals surface area contributed by atoms with Gasteiger partial charge in [0.05, 0.1) is 17.1 Å². The van der Waals surface area contributed by atoms with Gasteiger partial charge in [-0.15, -0.1) is 0 Å². The number of carbonyl (C=O) groups excluding carboxylic acids is 3. The molecule has 0 spiro atoms. The van der Waals surface area contributed by atoms with Gasteiger partial charge in [-0.3, -0.25) is 20.0 Å². The summed E-state index contributed by atoms with van der Waals surface area (Å²) in [6.07, 6.45) is 1.99. The van der Waals surface area contributed by atoms with Gasteiger partial charge in [-0.2, -0.15) is 0 Å². The zero-order chi connectivity index (χ0) is 21.8. The number of rotatable bonds is 4. The van der Waals surface area contributed by atoms with Crippen molar-refractivity contribution in [1.82, 2.24) is 10.3 Å². The second kappa shape index (κ2) is 8.86. The standard InChI is InChI=1S/C22H24N6O3/c1-15-8-10-16(11-9-15)28-19(29)14-23-20(26-28)21(30)24-17-6-2-3-7-18(17)25-22(31)27-12-4-5-13-27/h2-3,6-11H,4-5,12-14H2,1H3,(H,23,26)(H,24,30)(H,25,31). The van der Waals surface area contributed by atoms with E-state index in [1.54, 1.807) is 41.3 Å². The summed E-state index contributed by atoms with van der Waals surface area (Å²) >= 11 is 0. The molecule has 9 nitrogen and oxygen atoms in total. The molecule has 0 saturated carbocycles. The monoisotopic (exact) mass is 420 g/mol. The quantitative estimate of drug-likeness (QED) is 0.707. The van der Waals surface area contributed by atoms with Crippen molar-refractivity contribution in [2.45, 2.75) is 19.8 Å². The summed E-state index contributed by atoms with van der Waals surface area (Å²) in [5, 5.41) is 6.93. The van der Waals surface area contributed by atoms with Gasteiger partial charge in [0.2, 0.25) is 5.84 Å². The van der Waals surface area contributed by atoms with Crippen molar-refractivity contribution in [3.63, 3.8) is 0 Å². The zero-order valence-electron chi connectivity index (χ0n) is 17.2. The van der Waals surface area contributed by atoms with Gasteiger partial charge >= 0.3 is 6.03 Å². The van der Waals surface area contributed by atoms with Crippen molar-refractivity contribution in [2.24, 2.45) is 4.99 Å². The van der Waals surface area contributed by atoms with Gasteiger partial charge in [-0.25, -0.2) is 9.80 Å². The van der Waals surface area contributed by atoms with Crippen LogP contribution in [0.2, 0.25) is 0 Å². The Morgan fingerprint density at radius 2 is 1.61 bits per heavy atom. The van der Waals surface area contributed by atoms with E-state index in [4.69, 9.17) is 0 Å². The zero-order valence-corrected chi connectivity index (χ0v) is 17.2. The number of hydrogen-bond donors (Lipinski definition) is 3. The second-order valence-corrected chi connectivity index (χ2v) is 7.47. The number of amides is 4. The Kier molecular flexibility index (Phi) is 5.83. The Bertz CT molecular complexity index is 1030. The third kappa shape index (κ3) is 4.66. The topological polar surface area (TPSA) is 106 Å². The maximum absolute atomic E-state index is 12.8. The number of hydrogen-bond acceptors (Lipinski definition) is 5. The first-order valence-corrected chi connectivity index (χ1v) is 10.2. The summed E-state index contributed by atoms with van der Waals surface area (Å²) < 4.78 is 0. The van der Waals surface area contributed by atoms with Crippen LogP contribution in [-0.2, 0) is 9.59 Å². The average Bonchev–Trinajstić information content (AvgIpc) is 3.31. The molecule has 0 aliphatic carbocycles. The SMILES string of the molecule is Cc1ccc(N2NC(C(=O)Nc3ccccc3NC(=O)N3CCCC3)=NCC2=O)cc1. The molecule has 2 aromatic rings. The van der Waals surface area contributed by atoms with Crippen LogP contribution in [0.3, 0.4) is 0 Å². The fraction of sp³-hybridized carbons (Fsp3) is 0.273. The summed E-state index contributed by atoms with van der Waals surface area (Å²) in [6.45, 7) is 3.26. The molecule has 2 aliphatic heterocycles. The van der Waals surface area contributed by atoms with Crippen molar-refractivity contribution >= 4 is 40.7 Å². The number of hydrazine groups is 1. The fourth-order valence-electron chi connectivity index (χ4n) is 3.44. The molecule has 0 atom stereocenters. The van der Waals surface area contributed by atoms with Crippen molar-refractivity contribution in [3.8, 4) is 0 Å². The molecule has 3 N–H and O–H groups in total. The molecule has 31 heavy (non-hydrogen) atoms. The number of aryl methyl sites for hydroxylation is 1. The van der Waals surface area contributed by atoms with E-state index >= 15 is 0 Å². The third-order valence-corrected chi connectivity index (χ3v) is 5.16. The first kappa shape index (κ1) is 20.4. The predicted octanol–water partition coefficient (Wildman–Crippen LogP) is 2.51.